The summed E-state index contributed by atoms with van der Waals surface area (Å²) >= 11 is 0. The third-order valence-electron chi connectivity index (χ3n) is 1.88. The molecule has 1 heterocycles. The molecule has 0 atom stereocenters. The predicted molar refractivity (Wildman–Crippen MR) is 36.1 cm³/mol. The largest absolute Gasteiger partial charge is 0.464 e. The normalized spacial score (nSPS) is 12.4. The van der Waals surface area contributed by atoms with Gasteiger partial charge in [-0.3, -0.25) is 0 Å². The van der Waals surface area contributed by atoms with E-state index in [4.69, 9.17) is 4.42 Å². The maximum Gasteiger partial charge on any atom is 0.134 e. The molecule has 3 aromatic carbocycles. The smallest absolute Gasteiger partial charge is 0.134 e. The fourth-order valence-corrected chi connectivity index (χ4v) is 1.34. The van der Waals surface area contributed by atoms with Crippen LogP contribution in [0.3, 0.4) is 0 Å². The van der Waals surface area contributed by atoms with Gasteiger partial charge in [-0.15, -0.1) is 0 Å². The highest BCUT2D eigenvalue weighted by molar-refractivity contribution is 6.14. The van der Waals surface area contributed by atoms with Crippen LogP contribution in [-0.4, -0.2) is 0 Å². The molecule has 0 N–H and O–H groups in total. The summed E-state index contributed by atoms with van der Waals surface area (Å²) in [6.07, 6.45) is 1.82. The number of benzene rings is 2. The summed E-state index contributed by atoms with van der Waals surface area (Å²) in [7, 11) is 0. The molecule has 0 unspecified atom stereocenters. The lowest BCUT2D eigenvalue weighted by molar-refractivity contribution is 0.620. The molecule has 0 aliphatic rings. The summed E-state index contributed by atoms with van der Waals surface area (Å²) in [5.41, 5.74) is 1.01. The van der Waals surface area contributed by atoms with Crippen molar-refractivity contribution < 1.29 is 4.42 Å². The van der Waals surface area contributed by atoms with Crippen molar-refractivity contribution in [1.82, 2.24) is 0 Å². The Morgan fingerprint density at radius 1 is 1.11 bits per heavy atom. The van der Waals surface area contributed by atoms with Gasteiger partial charge in [0, 0.05) is 10.8 Å². The number of hydrogen-bond donors (Lipinski definition) is 0. The van der Waals surface area contributed by atoms with Crippen molar-refractivity contribution in [1.29, 1.82) is 0 Å². The zero-order chi connectivity index (χ0) is 5.84. The van der Waals surface area contributed by atoms with E-state index >= 15 is 0 Å². The van der Waals surface area contributed by atoms with Crippen molar-refractivity contribution in [2.75, 3.05) is 0 Å². The van der Waals surface area contributed by atoms with Crippen LogP contribution in [0.4, 0.5) is 0 Å². The third kappa shape index (κ3) is 0.250. The van der Waals surface area contributed by atoms with Crippen LogP contribution in [-0.2, 0) is 0 Å². The molecular formula is C8H4O. The van der Waals surface area contributed by atoms with Crippen molar-refractivity contribution in [2.45, 2.75) is 0 Å². The molecule has 0 aliphatic carbocycles. The van der Waals surface area contributed by atoms with E-state index < -0.39 is 0 Å². The Labute approximate surface area is 51.5 Å². The van der Waals surface area contributed by atoms with E-state index in [1.54, 1.807) is 0 Å². The van der Waals surface area contributed by atoms with Crippen LogP contribution < -0.4 is 0 Å². The van der Waals surface area contributed by atoms with Crippen LogP contribution in [0.2, 0.25) is 0 Å². The maximum absolute atomic E-state index is 5.21. The fourth-order valence-electron chi connectivity index (χ4n) is 1.34. The Balaban J connectivity index is 2.95. The van der Waals surface area contributed by atoms with Crippen molar-refractivity contribution in [3.8, 4) is 0 Å². The molecule has 0 saturated heterocycles. The van der Waals surface area contributed by atoms with Gasteiger partial charge < -0.3 is 4.42 Å². The van der Waals surface area contributed by atoms with Crippen LogP contribution in [0, 0.1) is 0 Å². The first-order valence-corrected chi connectivity index (χ1v) is 2.97. The van der Waals surface area contributed by atoms with Gasteiger partial charge in [-0.25, -0.2) is 0 Å². The average Bonchev–Trinajstić information content (AvgIpc) is 2.06. The molecule has 0 saturated carbocycles. The highest BCUT2D eigenvalue weighted by Crippen LogP contribution is 2.34. The van der Waals surface area contributed by atoms with Crippen LogP contribution in [0.1, 0.15) is 0 Å². The number of hydrogen-bond acceptors (Lipinski definition) is 1. The van der Waals surface area contributed by atoms with Gasteiger partial charge in [0.05, 0.1) is 6.26 Å². The summed E-state index contributed by atoms with van der Waals surface area (Å²) in [4.78, 5) is 0. The van der Waals surface area contributed by atoms with Crippen molar-refractivity contribution in [3.05, 3.63) is 24.5 Å². The summed E-state index contributed by atoms with van der Waals surface area (Å²) < 4.78 is 5.21. The van der Waals surface area contributed by atoms with E-state index in [1.165, 1.54) is 16.2 Å². The molecule has 0 radical (unpaired) electrons. The predicted octanol–water partition coefficient (Wildman–Crippen LogP) is 2.46. The lowest BCUT2D eigenvalue weighted by Gasteiger charge is -1.98. The van der Waals surface area contributed by atoms with E-state index in [0.717, 1.165) is 5.58 Å². The number of rotatable bonds is 0. The van der Waals surface area contributed by atoms with Crippen molar-refractivity contribution >= 4 is 21.7 Å². The van der Waals surface area contributed by atoms with Crippen LogP contribution in [0.25, 0.3) is 21.7 Å². The monoisotopic (exact) mass is 116 g/mol. The molecule has 4 rings (SSSR count). The minimum absolute atomic E-state index is 1.01. The van der Waals surface area contributed by atoms with Gasteiger partial charge in [-0.1, -0.05) is 6.07 Å². The second-order valence-corrected chi connectivity index (χ2v) is 2.36. The highest BCUT2D eigenvalue weighted by Gasteiger charge is 2.09. The van der Waals surface area contributed by atoms with Gasteiger partial charge in [0.1, 0.15) is 5.58 Å². The molecule has 0 aliphatic heterocycles. The fraction of sp³-hybridized carbons (Fsp3) is 0. The van der Waals surface area contributed by atoms with E-state index in [-0.39, 0.29) is 0 Å². The Kier molecular flexibility index (Phi) is 0.374. The first-order chi connectivity index (χ1) is 4.45. The molecule has 4 aromatic rings. The van der Waals surface area contributed by atoms with E-state index in [0.29, 0.717) is 0 Å². The minimum atomic E-state index is 1.01. The quantitative estimate of drug-likeness (QED) is 0.439. The SMILES string of the molecule is c1cc2occ3c1cc23. The zero-order valence-corrected chi connectivity index (χ0v) is 4.72. The Bertz CT molecular complexity index is 377. The lowest BCUT2D eigenvalue weighted by atomic mass is 10.0. The van der Waals surface area contributed by atoms with Gasteiger partial charge in [-0.2, -0.15) is 0 Å². The van der Waals surface area contributed by atoms with Gasteiger partial charge >= 0.3 is 0 Å². The van der Waals surface area contributed by atoms with Gasteiger partial charge in [0.2, 0.25) is 0 Å². The number of fused-ring (bicyclic) bond motifs is 1. The van der Waals surface area contributed by atoms with Crippen molar-refractivity contribution in [2.24, 2.45) is 0 Å². The van der Waals surface area contributed by atoms with E-state index in [2.05, 4.69) is 12.1 Å². The van der Waals surface area contributed by atoms with Crippen LogP contribution >= 0.6 is 0 Å². The minimum Gasteiger partial charge on any atom is -0.464 e. The summed E-state index contributed by atoms with van der Waals surface area (Å²) in [5.74, 6) is 0. The summed E-state index contributed by atoms with van der Waals surface area (Å²) in [6, 6.07) is 6.24. The molecule has 1 aromatic heterocycles. The Morgan fingerprint density at radius 3 is 2.78 bits per heavy atom. The first kappa shape index (κ1) is 3.72. The molecule has 42 valence electrons. The lowest BCUT2D eigenvalue weighted by Crippen LogP contribution is -1.74. The standard InChI is InChI=1S/C8H4O/c1-2-8-6-3-5(1)7(6)4-9-8/h1-4H. The molecule has 0 spiro atoms. The van der Waals surface area contributed by atoms with Crippen LogP contribution in [0.5, 0.6) is 0 Å². The highest BCUT2D eigenvalue weighted by atomic mass is 16.3. The molecule has 1 heteroatoms. The van der Waals surface area contributed by atoms with Crippen molar-refractivity contribution in [3.63, 3.8) is 0 Å². The Hall–Kier alpha value is -1.24. The van der Waals surface area contributed by atoms with Crippen LogP contribution in [0.15, 0.2) is 28.9 Å². The average molecular weight is 116 g/mol. The molecule has 0 fully saturated rings. The second kappa shape index (κ2) is 0.903. The van der Waals surface area contributed by atoms with Gasteiger partial charge in [0.15, 0.2) is 0 Å². The third-order valence-corrected chi connectivity index (χ3v) is 1.88. The van der Waals surface area contributed by atoms with Gasteiger partial charge in [-0.05, 0) is 17.5 Å². The van der Waals surface area contributed by atoms with E-state index in [9.17, 15) is 0 Å². The van der Waals surface area contributed by atoms with E-state index in [1.807, 2.05) is 12.3 Å². The molecule has 4 bridgehead atoms. The number of furan rings is 1. The first-order valence-electron chi connectivity index (χ1n) is 2.97. The topological polar surface area (TPSA) is 13.1 Å². The molecule has 0 amide bonds. The molecule has 9 heavy (non-hydrogen) atoms. The zero-order valence-electron chi connectivity index (χ0n) is 4.72. The second-order valence-electron chi connectivity index (χ2n) is 2.36. The van der Waals surface area contributed by atoms with Gasteiger partial charge in [0.25, 0.3) is 0 Å². The molecule has 1 nitrogen and oxygen atoms in total. The Morgan fingerprint density at radius 2 is 2.11 bits per heavy atom. The molecular weight excluding hydrogens is 112 g/mol. The maximum atomic E-state index is 5.21. The summed E-state index contributed by atoms with van der Waals surface area (Å²) in [5, 5.41) is 3.88. The summed E-state index contributed by atoms with van der Waals surface area (Å²) in [6.45, 7) is 0.